The zero-order valence-electron chi connectivity index (χ0n) is 9.43. The Bertz CT molecular complexity index is 536. The molecule has 0 unspecified atom stereocenters. The Labute approximate surface area is 98.1 Å². The van der Waals surface area contributed by atoms with Crippen LogP contribution in [0.1, 0.15) is 18.3 Å². The lowest BCUT2D eigenvalue weighted by atomic mass is 10.2. The van der Waals surface area contributed by atoms with E-state index in [0.717, 1.165) is 0 Å². The summed E-state index contributed by atoms with van der Waals surface area (Å²) in [5.74, 6) is -0.433. The van der Waals surface area contributed by atoms with Gasteiger partial charge in [0.05, 0.1) is 24.4 Å². The lowest BCUT2D eigenvalue weighted by Crippen LogP contribution is -2.05. The van der Waals surface area contributed by atoms with Crippen molar-refractivity contribution in [1.82, 2.24) is 14.8 Å². The fraction of sp³-hybridized carbons (Fsp3) is 0.250. The largest absolute Gasteiger partial charge is 0.300 e. The number of pyridine rings is 1. The average Bonchev–Trinajstić information content (AvgIpc) is 2.64. The first-order valence-corrected chi connectivity index (χ1v) is 5.27. The maximum atomic E-state index is 12.9. The van der Waals surface area contributed by atoms with E-state index in [-0.39, 0.29) is 5.78 Å². The number of hydrogen-bond donors (Lipinski definition) is 0. The summed E-state index contributed by atoms with van der Waals surface area (Å²) >= 11 is 0. The van der Waals surface area contributed by atoms with Crippen LogP contribution in [-0.2, 0) is 17.8 Å². The molecule has 0 aromatic carbocycles. The maximum absolute atomic E-state index is 12.9. The Morgan fingerprint density at radius 2 is 2.18 bits per heavy atom. The maximum Gasteiger partial charge on any atom is 0.213 e. The minimum Gasteiger partial charge on any atom is -0.300 e. The summed E-state index contributed by atoms with van der Waals surface area (Å²) in [4.78, 5) is 14.7. The van der Waals surface area contributed by atoms with Gasteiger partial charge in [0, 0.05) is 6.20 Å². The number of rotatable bonds is 4. The molecule has 0 radical (unpaired) electrons. The van der Waals surface area contributed by atoms with Crippen molar-refractivity contribution in [3.8, 4) is 0 Å². The normalized spacial score (nSPS) is 10.5. The minimum atomic E-state index is -0.501. The van der Waals surface area contributed by atoms with E-state index < -0.39 is 5.95 Å². The summed E-state index contributed by atoms with van der Waals surface area (Å²) in [5.41, 5.74) is 1.32. The highest BCUT2D eigenvalue weighted by atomic mass is 19.1. The van der Waals surface area contributed by atoms with Crippen molar-refractivity contribution in [2.45, 2.75) is 19.9 Å². The molecule has 0 amide bonds. The first-order valence-electron chi connectivity index (χ1n) is 5.27. The van der Waals surface area contributed by atoms with Crippen molar-refractivity contribution in [2.24, 2.45) is 0 Å². The zero-order valence-corrected chi connectivity index (χ0v) is 9.43. The third-order valence-corrected chi connectivity index (χ3v) is 2.22. The lowest BCUT2D eigenvalue weighted by molar-refractivity contribution is -0.116. The Morgan fingerprint density at radius 3 is 2.88 bits per heavy atom. The Hall–Kier alpha value is -2.04. The van der Waals surface area contributed by atoms with E-state index in [1.54, 1.807) is 29.1 Å². The van der Waals surface area contributed by atoms with Crippen LogP contribution in [0, 0.1) is 5.95 Å². The Balaban J connectivity index is 2.08. The van der Waals surface area contributed by atoms with E-state index >= 15 is 0 Å². The van der Waals surface area contributed by atoms with Gasteiger partial charge in [0.1, 0.15) is 5.78 Å². The molecule has 0 spiro atoms. The minimum absolute atomic E-state index is 0.0686. The van der Waals surface area contributed by atoms with Gasteiger partial charge in [0.2, 0.25) is 5.95 Å². The third kappa shape index (κ3) is 3.21. The summed E-state index contributed by atoms with van der Waals surface area (Å²) in [6.07, 6.45) is 2.08. The van der Waals surface area contributed by atoms with Gasteiger partial charge >= 0.3 is 0 Å². The van der Waals surface area contributed by atoms with E-state index in [9.17, 15) is 9.18 Å². The second kappa shape index (κ2) is 4.86. The molecule has 0 saturated carbocycles. The Morgan fingerprint density at radius 1 is 1.35 bits per heavy atom. The molecular weight excluding hydrogens is 221 g/mol. The van der Waals surface area contributed by atoms with Gasteiger partial charge in [0.15, 0.2) is 0 Å². The molecule has 0 saturated heterocycles. The molecule has 2 heterocycles. The quantitative estimate of drug-likeness (QED) is 0.753. The van der Waals surface area contributed by atoms with Crippen LogP contribution < -0.4 is 0 Å². The molecule has 2 aromatic rings. The number of nitrogens with zero attached hydrogens (tertiary/aromatic N) is 3. The molecule has 0 aliphatic rings. The number of halogens is 1. The fourth-order valence-electron chi connectivity index (χ4n) is 1.55. The van der Waals surface area contributed by atoms with E-state index in [0.29, 0.717) is 24.4 Å². The van der Waals surface area contributed by atoms with Crippen LogP contribution in [0.5, 0.6) is 0 Å². The van der Waals surface area contributed by atoms with Crippen molar-refractivity contribution in [3.63, 3.8) is 0 Å². The van der Waals surface area contributed by atoms with E-state index in [1.807, 2.05) is 0 Å². The SMILES string of the molecule is CC(=O)Cc1ccn(Cc2cccc(F)n2)n1. The van der Waals surface area contributed by atoms with Gasteiger partial charge in [-0.25, -0.2) is 4.98 Å². The van der Waals surface area contributed by atoms with Crippen LogP contribution in [0.4, 0.5) is 4.39 Å². The number of aromatic nitrogens is 3. The van der Waals surface area contributed by atoms with E-state index in [2.05, 4.69) is 10.1 Å². The second-order valence-electron chi connectivity index (χ2n) is 3.84. The zero-order chi connectivity index (χ0) is 12.3. The molecule has 0 aliphatic heterocycles. The van der Waals surface area contributed by atoms with Crippen molar-refractivity contribution < 1.29 is 9.18 Å². The molecule has 17 heavy (non-hydrogen) atoms. The first-order chi connectivity index (χ1) is 8.13. The van der Waals surface area contributed by atoms with E-state index in [4.69, 9.17) is 0 Å². The highest BCUT2D eigenvalue weighted by molar-refractivity contribution is 5.77. The molecule has 0 fully saturated rings. The number of hydrogen-bond acceptors (Lipinski definition) is 3. The molecule has 2 aromatic heterocycles. The predicted octanol–water partition coefficient (Wildman–Crippen LogP) is 1.60. The second-order valence-corrected chi connectivity index (χ2v) is 3.84. The van der Waals surface area contributed by atoms with Crippen LogP contribution in [-0.4, -0.2) is 20.5 Å². The molecule has 2 rings (SSSR count). The molecule has 0 bridgehead atoms. The summed E-state index contributed by atoms with van der Waals surface area (Å²) in [6, 6.07) is 6.42. The summed E-state index contributed by atoms with van der Waals surface area (Å²) in [7, 11) is 0. The summed E-state index contributed by atoms with van der Waals surface area (Å²) in [6.45, 7) is 1.92. The number of ketones is 1. The van der Waals surface area contributed by atoms with Gasteiger partial charge in [-0.3, -0.25) is 9.48 Å². The van der Waals surface area contributed by atoms with Crippen LogP contribution in [0.3, 0.4) is 0 Å². The smallest absolute Gasteiger partial charge is 0.213 e. The van der Waals surface area contributed by atoms with Gasteiger partial charge < -0.3 is 0 Å². The Kier molecular flexibility index (Phi) is 3.27. The molecule has 4 nitrogen and oxygen atoms in total. The predicted molar refractivity (Wildman–Crippen MR) is 59.9 cm³/mol. The van der Waals surface area contributed by atoms with Crippen molar-refractivity contribution in [3.05, 3.63) is 47.8 Å². The standard InChI is InChI=1S/C12H12FN3O/c1-9(17)7-10-5-6-16(15-10)8-11-3-2-4-12(13)14-11/h2-6H,7-8H2,1H3. The summed E-state index contributed by atoms with van der Waals surface area (Å²) in [5, 5.41) is 4.21. The highest BCUT2D eigenvalue weighted by Crippen LogP contribution is 2.03. The third-order valence-electron chi connectivity index (χ3n) is 2.22. The molecule has 0 atom stereocenters. The van der Waals surface area contributed by atoms with Gasteiger partial charge in [-0.15, -0.1) is 0 Å². The molecule has 0 aliphatic carbocycles. The van der Waals surface area contributed by atoms with Crippen LogP contribution in [0.2, 0.25) is 0 Å². The lowest BCUT2D eigenvalue weighted by Gasteiger charge is -2.00. The molecule has 88 valence electrons. The topological polar surface area (TPSA) is 47.8 Å². The molecule has 0 N–H and O–H groups in total. The van der Waals surface area contributed by atoms with Crippen LogP contribution >= 0.6 is 0 Å². The highest BCUT2D eigenvalue weighted by Gasteiger charge is 2.03. The van der Waals surface area contributed by atoms with Gasteiger partial charge in [0.25, 0.3) is 0 Å². The van der Waals surface area contributed by atoms with Crippen LogP contribution in [0.15, 0.2) is 30.5 Å². The summed E-state index contributed by atoms with van der Waals surface area (Å²) < 4.78 is 14.5. The van der Waals surface area contributed by atoms with Crippen molar-refractivity contribution >= 4 is 5.78 Å². The molecular formula is C12H12FN3O. The van der Waals surface area contributed by atoms with E-state index in [1.165, 1.54) is 13.0 Å². The number of carbonyl (C=O) groups excluding carboxylic acids is 1. The van der Waals surface area contributed by atoms with Gasteiger partial charge in [-0.2, -0.15) is 9.49 Å². The molecule has 5 heteroatoms. The average molecular weight is 233 g/mol. The number of Topliss-reactive ketones (excluding diaryl/α,β-unsaturated/α-hetero) is 1. The number of carbonyl (C=O) groups is 1. The fourth-order valence-corrected chi connectivity index (χ4v) is 1.55. The van der Waals surface area contributed by atoms with Gasteiger partial charge in [-0.1, -0.05) is 6.07 Å². The van der Waals surface area contributed by atoms with Crippen molar-refractivity contribution in [2.75, 3.05) is 0 Å². The first kappa shape index (κ1) is 11.4. The van der Waals surface area contributed by atoms with Crippen molar-refractivity contribution in [1.29, 1.82) is 0 Å². The van der Waals surface area contributed by atoms with Gasteiger partial charge in [-0.05, 0) is 25.1 Å². The van der Waals surface area contributed by atoms with Crippen LogP contribution in [0.25, 0.3) is 0 Å². The monoisotopic (exact) mass is 233 g/mol.